The quantitative estimate of drug-likeness (QED) is 0.337. The minimum Gasteiger partial charge on any atom is -0.463 e. The number of esters is 1. The standard InChI is InChI=1S/C25H26FN5O4S/c1-3-34-24(32)22-19(35-23(28)17(13-27)21(22)16-6-4-5-7-18(16)26)14-36-25-29-15(2)12-20(30-25)31-8-10-33-11-9-31/h4-7,12,21H,3,8-11,14,28H2,1-2H3/t21-/m0/s1. The zero-order chi connectivity index (χ0) is 25.7. The van der Waals surface area contributed by atoms with Gasteiger partial charge >= 0.3 is 5.97 Å². The third-order valence-corrected chi connectivity index (χ3v) is 6.54. The maximum atomic E-state index is 14.8. The normalized spacial score (nSPS) is 18.1. The van der Waals surface area contributed by atoms with Crippen molar-refractivity contribution in [1.82, 2.24) is 9.97 Å². The molecule has 9 nitrogen and oxygen atoms in total. The van der Waals surface area contributed by atoms with E-state index in [4.69, 9.17) is 19.9 Å². The Hall–Kier alpha value is -3.62. The molecule has 11 heteroatoms. The molecule has 0 saturated carbocycles. The van der Waals surface area contributed by atoms with Crippen LogP contribution in [0.5, 0.6) is 0 Å². The molecule has 2 aliphatic heterocycles. The van der Waals surface area contributed by atoms with E-state index < -0.39 is 17.7 Å². The summed E-state index contributed by atoms with van der Waals surface area (Å²) in [5.74, 6) is -1.47. The minimum atomic E-state index is -1.07. The van der Waals surface area contributed by atoms with Crippen LogP contribution < -0.4 is 10.6 Å². The molecule has 0 amide bonds. The van der Waals surface area contributed by atoms with Crippen LogP contribution in [0.2, 0.25) is 0 Å². The van der Waals surface area contributed by atoms with Gasteiger partial charge in [0, 0.05) is 30.4 Å². The first-order valence-corrected chi connectivity index (χ1v) is 12.4. The highest BCUT2D eigenvalue weighted by Gasteiger charge is 2.39. The number of nitrogens with two attached hydrogens (primary N) is 1. The summed E-state index contributed by atoms with van der Waals surface area (Å²) in [4.78, 5) is 24.4. The van der Waals surface area contributed by atoms with Crippen molar-refractivity contribution in [3.8, 4) is 6.07 Å². The molecule has 1 aromatic heterocycles. The van der Waals surface area contributed by atoms with Gasteiger partial charge in [-0.1, -0.05) is 30.0 Å². The molecule has 1 saturated heterocycles. The number of halogens is 1. The number of anilines is 1. The SMILES string of the molecule is CCOC(=O)C1=C(CSc2nc(C)cc(N3CCOCC3)n2)OC(N)=C(C#N)[C@@H]1c1ccccc1F. The van der Waals surface area contributed by atoms with Gasteiger partial charge in [0.1, 0.15) is 29.0 Å². The molecule has 0 spiro atoms. The van der Waals surface area contributed by atoms with Crippen LogP contribution in [0.1, 0.15) is 24.1 Å². The monoisotopic (exact) mass is 511 g/mol. The Morgan fingerprint density at radius 2 is 2.08 bits per heavy atom. The molecule has 1 fully saturated rings. The smallest absolute Gasteiger partial charge is 0.338 e. The van der Waals surface area contributed by atoms with Crippen LogP contribution in [0.4, 0.5) is 10.2 Å². The fourth-order valence-electron chi connectivity index (χ4n) is 4.05. The van der Waals surface area contributed by atoms with E-state index in [0.29, 0.717) is 18.4 Å². The fourth-order valence-corrected chi connectivity index (χ4v) is 4.89. The number of thioether (sulfide) groups is 1. The molecule has 36 heavy (non-hydrogen) atoms. The highest BCUT2D eigenvalue weighted by Crippen LogP contribution is 2.41. The first-order chi connectivity index (χ1) is 17.4. The predicted molar refractivity (Wildman–Crippen MR) is 131 cm³/mol. The average Bonchev–Trinajstić information content (AvgIpc) is 2.87. The Kier molecular flexibility index (Phi) is 8.07. The van der Waals surface area contributed by atoms with Crippen molar-refractivity contribution in [2.45, 2.75) is 24.9 Å². The van der Waals surface area contributed by atoms with Crippen LogP contribution in [-0.4, -0.2) is 54.6 Å². The summed E-state index contributed by atoms with van der Waals surface area (Å²) < 4.78 is 31.3. The van der Waals surface area contributed by atoms with Crippen LogP contribution in [0, 0.1) is 24.1 Å². The second kappa shape index (κ2) is 11.4. The lowest BCUT2D eigenvalue weighted by Crippen LogP contribution is -2.36. The predicted octanol–water partition coefficient (Wildman–Crippen LogP) is 3.18. The molecule has 4 rings (SSSR count). The van der Waals surface area contributed by atoms with Gasteiger partial charge in [-0.05, 0) is 19.9 Å². The number of nitriles is 1. The van der Waals surface area contributed by atoms with Crippen molar-refractivity contribution >= 4 is 23.5 Å². The lowest BCUT2D eigenvalue weighted by molar-refractivity contribution is -0.139. The van der Waals surface area contributed by atoms with E-state index in [9.17, 15) is 14.4 Å². The third kappa shape index (κ3) is 5.45. The van der Waals surface area contributed by atoms with E-state index in [1.165, 1.54) is 30.0 Å². The van der Waals surface area contributed by atoms with Gasteiger partial charge in [0.2, 0.25) is 5.88 Å². The van der Waals surface area contributed by atoms with E-state index in [0.717, 1.165) is 24.6 Å². The number of rotatable bonds is 7. The second-order valence-electron chi connectivity index (χ2n) is 8.04. The van der Waals surface area contributed by atoms with Crippen LogP contribution in [0.15, 0.2) is 58.3 Å². The molecule has 2 aliphatic rings. The zero-order valence-electron chi connectivity index (χ0n) is 20.0. The summed E-state index contributed by atoms with van der Waals surface area (Å²) >= 11 is 1.25. The van der Waals surface area contributed by atoms with E-state index in [1.807, 2.05) is 19.1 Å². The summed E-state index contributed by atoms with van der Waals surface area (Å²) in [5, 5.41) is 10.3. The Morgan fingerprint density at radius 1 is 1.33 bits per heavy atom. The molecular weight excluding hydrogens is 485 g/mol. The number of allylic oxidation sites excluding steroid dienone is 1. The number of benzene rings is 1. The maximum absolute atomic E-state index is 14.8. The molecule has 3 heterocycles. The molecule has 0 radical (unpaired) electrons. The van der Waals surface area contributed by atoms with Crippen LogP contribution >= 0.6 is 11.8 Å². The first-order valence-electron chi connectivity index (χ1n) is 11.5. The van der Waals surface area contributed by atoms with Crippen molar-refractivity contribution in [2.24, 2.45) is 5.73 Å². The fraction of sp³-hybridized carbons (Fsp3) is 0.360. The lowest BCUT2D eigenvalue weighted by Gasteiger charge is -2.29. The summed E-state index contributed by atoms with van der Waals surface area (Å²) in [7, 11) is 0. The van der Waals surface area contributed by atoms with Gasteiger partial charge in [-0.15, -0.1) is 0 Å². The largest absolute Gasteiger partial charge is 0.463 e. The van der Waals surface area contributed by atoms with Gasteiger partial charge in [0.15, 0.2) is 5.16 Å². The zero-order valence-corrected chi connectivity index (χ0v) is 20.8. The van der Waals surface area contributed by atoms with Crippen LogP contribution in [0.3, 0.4) is 0 Å². The van der Waals surface area contributed by atoms with E-state index in [1.54, 1.807) is 13.0 Å². The lowest BCUT2D eigenvalue weighted by atomic mass is 9.83. The van der Waals surface area contributed by atoms with Gasteiger partial charge in [-0.3, -0.25) is 0 Å². The molecule has 2 N–H and O–H groups in total. The van der Waals surface area contributed by atoms with Crippen molar-refractivity contribution in [3.05, 3.63) is 70.2 Å². The average molecular weight is 512 g/mol. The number of morpholine rings is 1. The maximum Gasteiger partial charge on any atom is 0.338 e. The summed E-state index contributed by atoms with van der Waals surface area (Å²) in [6.45, 7) is 6.34. The van der Waals surface area contributed by atoms with Crippen LogP contribution in [0.25, 0.3) is 0 Å². The Bertz CT molecular complexity index is 1250. The molecule has 188 valence electrons. The molecule has 0 aliphatic carbocycles. The van der Waals surface area contributed by atoms with E-state index in [-0.39, 0.29) is 40.7 Å². The number of carbonyl (C=O) groups excluding carboxylic acids is 1. The molecule has 0 unspecified atom stereocenters. The summed E-state index contributed by atoms with van der Waals surface area (Å²) in [6, 6.07) is 9.82. The number of hydrogen-bond donors (Lipinski definition) is 1. The van der Waals surface area contributed by atoms with Gasteiger partial charge in [-0.2, -0.15) is 5.26 Å². The van der Waals surface area contributed by atoms with Gasteiger partial charge in [-0.25, -0.2) is 19.2 Å². The summed E-state index contributed by atoms with van der Waals surface area (Å²) in [6.07, 6.45) is 0. The minimum absolute atomic E-state index is 0.0289. The Balaban J connectivity index is 1.71. The van der Waals surface area contributed by atoms with Crippen LogP contribution in [-0.2, 0) is 19.0 Å². The van der Waals surface area contributed by atoms with Crippen molar-refractivity contribution in [2.75, 3.05) is 43.6 Å². The third-order valence-electron chi connectivity index (χ3n) is 5.70. The first kappa shape index (κ1) is 25.5. The van der Waals surface area contributed by atoms with E-state index in [2.05, 4.69) is 14.9 Å². The highest BCUT2D eigenvalue weighted by atomic mass is 32.2. The number of carbonyl (C=O) groups is 1. The van der Waals surface area contributed by atoms with E-state index >= 15 is 0 Å². The van der Waals surface area contributed by atoms with Gasteiger partial charge in [0.05, 0.1) is 37.1 Å². The van der Waals surface area contributed by atoms with Crippen molar-refractivity contribution in [1.29, 1.82) is 5.26 Å². The Labute approximate surface area is 212 Å². The molecule has 1 aromatic carbocycles. The van der Waals surface area contributed by atoms with Gasteiger partial charge < -0.3 is 24.8 Å². The Morgan fingerprint density at radius 3 is 2.78 bits per heavy atom. The molecule has 1 atom stereocenters. The van der Waals surface area contributed by atoms with Crippen molar-refractivity contribution in [3.63, 3.8) is 0 Å². The topological polar surface area (TPSA) is 124 Å². The molecule has 2 aromatic rings. The van der Waals surface area contributed by atoms with Crippen molar-refractivity contribution < 1.29 is 23.4 Å². The number of ether oxygens (including phenoxy) is 3. The summed E-state index contributed by atoms with van der Waals surface area (Å²) in [5.41, 5.74) is 6.97. The molecular formula is C25H26FN5O4S. The number of hydrogen-bond acceptors (Lipinski definition) is 10. The van der Waals surface area contributed by atoms with Gasteiger partial charge in [0.25, 0.3) is 0 Å². The molecule has 0 bridgehead atoms. The highest BCUT2D eigenvalue weighted by molar-refractivity contribution is 7.99. The number of aryl methyl sites for hydroxylation is 1. The number of nitrogens with zero attached hydrogens (tertiary/aromatic N) is 4. The number of aromatic nitrogens is 2. The second-order valence-corrected chi connectivity index (χ2v) is 8.98.